The highest BCUT2D eigenvalue weighted by atomic mass is 19.4. The van der Waals surface area contributed by atoms with Gasteiger partial charge in [0.1, 0.15) is 5.82 Å². The fraction of sp³-hybridized carbons (Fsp3) is 0.350. The Kier molecular flexibility index (Phi) is 5.13. The summed E-state index contributed by atoms with van der Waals surface area (Å²) < 4.78 is 52.9. The maximum absolute atomic E-state index is 14.2. The highest BCUT2D eigenvalue weighted by Crippen LogP contribution is 2.38. The van der Waals surface area contributed by atoms with E-state index >= 15 is 0 Å². The van der Waals surface area contributed by atoms with Crippen molar-refractivity contribution in [2.45, 2.75) is 38.5 Å². The number of rotatable bonds is 2. The molecule has 1 aliphatic heterocycles. The summed E-state index contributed by atoms with van der Waals surface area (Å²) in [6.07, 6.45) is -4.14. The zero-order valence-electron chi connectivity index (χ0n) is 15.0. The van der Waals surface area contributed by atoms with Crippen molar-refractivity contribution in [1.82, 2.24) is 10.2 Å². The Morgan fingerprint density at radius 2 is 1.89 bits per heavy atom. The Morgan fingerprint density at radius 1 is 1.19 bits per heavy atom. The van der Waals surface area contributed by atoms with Gasteiger partial charge in [-0.1, -0.05) is 30.3 Å². The van der Waals surface area contributed by atoms with Crippen molar-refractivity contribution in [3.8, 4) is 0 Å². The quantitative estimate of drug-likeness (QED) is 0.738. The number of hydrogen-bond donors (Lipinski definition) is 1. The van der Waals surface area contributed by atoms with E-state index in [4.69, 9.17) is 0 Å². The van der Waals surface area contributed by atoms with Crippen LogP contribution in [0.4, 0.5) is 22.4 Å². The van der Waals surface area contributed by atoms with E-state index in [1.807, 2.05) is 32.0 Å². The molecule has 144 valence electrons. The van der Waals surface area contributed by atoms with Crippen LogP contribution in [-0.2, 0) is 12.6 Å². The van der Waals surface area contributed by atoms with Crippen molar-refractivity contribution in [3.63, 3.8) is 0 Å². The van der Waals surface area contributed by atoms with E-state index in [-0.39, 0.29) is 12.1 Å². The molecule has 2 aromatic rings. The molecule has 2 aromatic carbocycles. The molecule has 0 aliphatic carbocycles. The molecule has 0 spiro atoms. The first kappa shape index (κ1) is 19.2. The molecule has 27 heavy (non-hydrogen) atoms. The smallest absolute Gasteiger partial charge is 0.336 e. The van der Waals surface area contributed by atoms with Gasteiger partial charge in [0.25, 0.3) is 0 Å². The van der Waals surface area contributed by atoms with Crippen LogP contribution < -0.4 is 5.32 Å². The summed E-state index contributed by atoms with van der Waals surface area (Å²) >= 11 is 0. The van der Waals surface area contributed by atoms with Gasteiger partial charge in [-0.2, -0.15) is 13.2 Å². The van der Waals surface area contributed by atoms with Crippen LogP contribution in [0.25, 0.3) is 0 Å². The Bertz CT molecular complexity index is 848. The molecular weight excluding hydrogens is 360 g/mol. The molecular formula is C20H20F4N2O. The van der Waals surface area contributed by atoms with Gasteiger partial charge in [-0.15, -0.1) is 0 Å². The lowest BCUT2D eigenvalue weighted by atomic mass is 9.88. The lowest BCUT2D eigenvalue weighted by molar-refractivity contribution is -0.140. The van der Waals surface area contributed by atoms with E-state index in [0.29, 0.717) is 18.5 Å². The molecule has 1 aliphatic rings. The largest absolute Gasteiger partial charge is 0.419 e. The van der Waals surface area contributed by atoms with Gasteiger partial charge in [0.2, 0.25) is 0 Å². The minimum Gasteiger partial charge on any atom is -0.336 e. The highest BCUT2D eigenvalue weighted by molar-refractivity contribution is 5.76. The number of halogens is 4. The molecule has 0 aromatic heterocycles. The summed E-state index contributed by atoms with van der Waals surface area (Å²) in [5, 5.41) is 2.81. The number of urea groups is 1. The highest BCUT2D eigenvalue weighted by Gasteiger charge is 2.36. The van der Waals surface area contributed by atoms with E-state index in [1.54, 1.807) is 11.0 Å². The van der Waals surface area contributed by atoms with Crippen LogP contribution in [0.15, 0.2) is 42.5 Å². The number of nitrogens with zero attached hydrogens (tertiary/aromatic N) is 1. The number of alkyl halides is 3. The van der Waals surface area contributed by atoms with Gasteiger partial charge in [0.15, 0.2) is 0 Å². The molecule has 1 heterocycles. The van der Waals surface area contributed by atoms with Gasteiger partial charge >= 0.3 is 12.2 Å². The fourth-order valence-corrected chi connectivity index (χ4v) is 3.41. The number of nitrogens with one attached hydrogen (secondary N) is 1. The Morgan fingerprint density at radius 3 is 2.52 bits per heavy atom. The van der Waals surface area contributed by atoms with E-state index in [1.165, 1.54) is 6.07 Å². The number of amides is 2. The Balaban J connectivity index is 2.07. The van der Waals surface area contributed by atoms with Crippen LogP contribution in [0, 0.1) is 5.82 Å². The summed E-state index contributed by atoms with van der Waals surface area (Å²) in [5.74, 6) is -1.34. The second-order valence-electron chi connectivity index (χ2n) is 6.89. The molecule has 7 heteroatoms. The van der Waals surface area contributed by atoms with Crippen LogP contribution >= 0.6 is 0 Å². The fourth-order valence-electron chi connectivity index (χ4n) is 3.41. The van der Waals surface area contributed by atoms with Crippen LogP contribution in [0.2, 0.25) is 0 Å². The third-order valence-corrected chi connectivity index (χ3v) is 4.57. The standard InChI is InChI=1S/C20H20F4N2O/c1-12(2)25-19(27)26-10-9-13-5-3-4-6-15(13)18(26)14-7-8-16(17(21)11-14)20(22,23)24/h3-8,11-12,18H,9-10H2,1-2H3,(H,25,27). The molecule has 3 nitrogen and oxygen atoms in total. The van der Waals surface area contributed by atoms with Crippen molar-refractivity contribution >= 4 is 6.03 Å². The molecule has 1 N–H and O–H groups in total. The zero-order valence-corrected chi connectivity index (χ0v) is 15.0. The molecule has 3 rings (SSSR count). The number of hydrogen-bond acceptors (Lipinski definition) is 1. The van der Waals surface area contributed by atoms with Gasteiger partial charge in [0.05, 0.1) is 11.6 Å². The number of carbonyl (C=O) groups is 1. The topological polar surface area (TPSA) is 32.3 Å². The first-order valence-electron chi connectivity index (χ1n) is 8.70. The Labute approximate surface area is 155 Å². The first-order chi connectivity index (χ1) is 12.7. The molecule has 0 saturated carbocycles. The van der Waals surface area contributed by atoms with Gasteiger partial charge in [-0.05, 0) is 49.1 Å². The lowest BCUT2D eigenvalue weighted by Gasteiger charge is -2.38. The first-order valence-corrected chi connectivity index (χ1v) is 8.70. The predicted octanol–water partition coefficient (Wildman–Crippen LogP) is 4.91. The SMILES string of the molecule is CC(C)NC(=O)N1CCc2ccccc2C1c1ccc(C(F)(F)F)c(F)c1. The third-order valence-electron chi connectivity index (χ3n) is 4.57. The van der Waals surface area contributed by atoms with E-state index in [9.17, 15) is 22.4 Å². The number of carbonyl (C=O) groups excluding carboxylic acids is 1. The van der Waals surface area contributed by atoms with Crippen LogP contribution in [0.1, 0.15) is 42.1 Å². The summed E-state index contributed by atoms with van der Waals surface area (Å²) in [5.41, 5.74) is 0.790. The average Bonchev–Trinajstić information content (AvgIpc) is 2.58. The van der Waals surface area contributed by atoms with Gasteiger partial charge in [-0.25, -0.2) is 9.18 Å². The van der Waals surface area contributed by atoms with Gasteiger partial charge in [-0.3, -0.25) is 0 Å². The molecule has 0 radical (unpaired) electrons. The molecule has 0 bridgehead atoms. The van der Waals surface area contributed by atoms with E-state index in [2.05, 4.69) is 5.32 Å². The summed E-state index contributed by atoms with van der Waals surface area (Å²) in [7, 11) is 0. The normalized spacial score (nSPS) is 17.0. The lowest BCUT2D eigenvalue weighted by Crippen LogP contribution is -2.47. The molecule has 1 atom stereocenters. The molecule has 0 fully saturated rings. The Hall–Kier alpha value is -2.57. The van der Waals surface area contributed by atoms with Crippen LogP contribution in [-0.4, -0.2) is 23.5 Å². The van der Waals surface area contributed by atoms with Crippen LogP contribution in [0.5, 0.6) is 0 Å². The van der Waals surface area contributed by atoms with E-state index in [0.717, 1.165) is 23.3 Å². The second-order valence-corrected chi connectivity index (χ2v) is 6.89. The summed E-state index contributed by atoms with van der Waals surface area (Å²) in [4.78, 5) is 14.2. The number of benzene rings is 2. The third kappa shape index (κ3) is 3.91. The number of fused-ring (bicyclic) bond motifs is 1. The molecule has 0 saturated heterocycles. The van der Waals surface area contributed by atoms with Crippen molar-refractivity contribution < 1.29 is 22.4 Å². The molecule has 2 amide bonds. The van der Waals surface area contributed by atoms with Gasteiger partial charge in [0, 0.05) is 12.6 Å². The second kappa shape index (κ2) is 7.21. The van der Waals surface area contributed by atoms with Gasteiger partial charge < -0.3 is 10.2 Å². The van der Waals surface area contributed by atoms with Crippen LogP contribution in [0.3, 0.4) is 0 Å². The minimum absolute atomic E-state index is 0.0975. The zero-order chi connectivity index (χ0) is 19.8. The predicted molar refractivity (Wildman–Crippen MR) is 93.8 cm³/mol. The summed E-state index contributed by atoms with van der Waals surface area (Å²) in [6, 6.07) is 9.20. The maximum atomic E-state index is 14.2. The van der Waals surface area contributed by atoms with Crippen molar-refractivity contribution in [2.24, 2.45) is 0 Å². The van der Waals surface area contributed by atoms with Crippen molar-refractivity contribution in [3.05, 3.63) is 70.5 Å². The van der Waals surface area contributed by atoms with Crippen molar-refractivity contribution in [1.29, 1.82) is 0 Å². The van der Waals surface area contributed by atoms with Crippen molar-refractivity contribution in [2.75, 3.05) is 6.54 Å². The maximum Gasteiger partial charge on any atom is 0.419 e. The van der Waals surface area contributed by atoms with E-state index < -0.39 is 23.6 Å². The molecule has 1 unspecified atom stereocenters. The minimum atomic E-state index is -4.76. The monoisotopic (exact) mass is 380 g/mol. The average molecular weight is 380 g/mol. The summed E-state index contributed by atoms with van der Waals surface area (Å²) in [6.45, 7) is 4.04.